The molecular formula is C18H21BrN2O2. The molecule has 122 valence electrons. The second-order valence-corrected chi connectivity index (χ2v) is 7.26. The van der Waals surface area contributed by atoms with Crippen LogP contribution in [0.25, 0.3) is 0 Å². The third kappa shape index (κ3) is 4.79. The number of hydrogen-bond acceptors (Lipinski definition) is 3. The van der Waals surface area contributed by atoms with Crippen LogP contribution in [0.1, 0.15) is 31.9 Å². The number of pyridine rings is 1. The molecule has 23 heavy (non-hydrogen) atoms. The molecule has 2 aromatic rings. The molecule has 0 aliphatic rings. The summed E-state index contributed by atoms with van der Waals surface area (Å²) in [5.74, 6) is 0.965. The Bertz CT molecular complexity index is 708. The van der Waals surface area contributed by atoms with Crippen molar-refractivity contribution in [2.24, 2.45) is 0 Å². The van der Waals surface area contributed by atoms with Crippen LogP contribution in [0.5, 0.6) is 5.75 Å². The molecule has 5 heteroatoms. The number of anilines is 1. The summed E-state index contributed by atoms with van der Waals surface area (Å²) in [5, 5.41) is 2.75. The van der Waals surface area contributed by atoms with Gasteiger partial charge in [0.05, 0.1) is 4.47 Å². The third-order valence-corrected chi connectivity index (χ3v) is 4.04. The van der Waals surface area contributed by atoms with Crippen molar-refractivity contribution in [2.75, 3.05) is 11.9 Å². The molecule has 0 atom stereocenters. The molecule has 0 radical (unpaired) electrons. The van der Waals surface area contributed by atoms with Gasteiger partial charge in [-0.05, 0) is 57.6 Å². The Labute approximate surface area is 145 Å². The molecule has 0 spiro atoms. The van der Waals surface area contributed by atoms with Gasteiger partial charge in [-0.3, -0.25) is 4.79 Å². The second-order valence-electron chi connectivity index (χ2n) is 6.40. The summed E-state index contributed by atoms with van der Waals surface area (Å²) in [4.78, 5) is 16.1. The van der Waals surface area contributed by atoms with Gasteiger partial charge >= 0.3 is 0 Å². The van der Waals surface area contributed by atoms with E-state index in [1.165, 1.54) is 5.56 Å². The molecule has 1 aromatic carbocycles. The Morgan fingerprint density at radius 3 is 2.65 bits per heavy atom. The van der Waals surface area contributed by atoms with Crippen molar-refractivity contribution in [2.45, 2.75) is 33.1 Å². The van der Waals surface area contributed by atoms with E-state index in [4.69, 9.17) is 4.74 Å². The van der Waals surface area contributed by atoms with Gasteiger partial charge in [0.15, 0.2) is 6.61 Å². The fourth-order valence-electron chi connectivity index (χ4n) is 2.01. The number of ether oxygens (including phenoxy) is 1. The molecule has 0 aliphatic heterocycles. The van der Waals surface area contributed by atoms with Crippen molar-refractivity contribution in [1.82, 2.24) is 4.98 Å². The molecule has 1 N–H and O–H groups in total. The van der Waals surface area contributed by atoms with E-state index in [0.29, 0.717) is 11.6 Å². The first-order valence-electron chi connectivity index (χ1n) is 7.41. The summed E-state index contributed by atoms with van der Waals surface area (Å²) in [5.41, 5.74) is 2.18. The smallest absolute Gasteiger partial charge is 0.263 e. The number of carbonyl (C=O) groups is 1. The Kier molecular flexibility index (Phi) is 5.42. The van der Waals surface area contributed by atoms with Crippen molar-refractivity contribution in [3.63, 3.8) is 0 Å². The Morgan fingerprint density at radius 1 is 1.30 bits per heavy atom. The molecule has 0 saturated carbocycles. The van der Waals surface area contributed by atoms with E-state index in [0.717, 1.165) is 10.0 Å². The second kappa shape index (κ2) is 7.13. The molecule has 0 aliphatic carbocycles. The van der Waals surface area contributed by atoms with Crippen LogP contribution in [0.2, 0.25) is 0 Å². The zero-order chi connectivity index (χ0) is 17.0. The van der Waals surface area contributed by atoms with Gasteiger partial charge in [0.1, 0.15) is 11.6 Å². The number of aryl methyl sites for hydroxylation is 1. The summed E-state index contributed by atoms with van der Waals surface area (Å²) in [6.45, 7) is 8.28. The molecule has 1 aromatic heterocycles. The highest BCUT2D eigenvalue weighted by Gasteiger charge is 2.15. The number of carbonyl (C=O) groups excluding carboxylic acids is 1. The Balaban J connectivity index is 1.98. The highest BCUT2D eigenvalue weighted by atomic mass is 79.9. The first-order valence-corrected chi connectivity index (χ1v) is 8.21. The van der Waals surface area contributed by atoms with E-state index in [1.807, 2.05) is 37.3 Å². The predicted molar refractivity (Wildman–Crippen MR) is 95.9 cm³/mol. The molecule has 1 heterocycles. The van der Waals surface area contributed by atoms with Crippen LogP contribution in [0, 0.1) is 6.92 Å². The largest absolute Gasteiger partial charge is 0.483 e. The van der Waals surface area contributed by atoms with Crippen LogP contribution >= 0.6 is 15.9 Å². The summed E-state index contributed by atoms with van der Waals surface area (Å²) >= 11 is 3.50. The lowest BCUT2D eigenvalue weighted by Gasteiger charge is -2.20. The predicted octanol–water partition coefficient (Wildman–Crippen LogP) is 4.47. The summed E-state index contributed by atoms with van der Waals surface area (Å²) in [7, 11) is 0. The van der Waals surface area contributed by atoms with Crippen molar-refractivity contribution in [1.29, 1.82) is 0 Å². The van der Waals surface area contributed by atoms with E-state index in [2.05, 4.69) is 47.0 Å². The maximum absolute atomic E-state index is 12.0. The van der Waals surface area contributed by atoms with Crippen LogP contribution in [0.4, 0.5) is 5.82 Å². The normalized spacial score (nSPS) is 11.2. The van der Waals surface area contributed by atoms with E-state index < -0.39 is 0 Å². The fraction of sp³-hybridized carbons (Fsp3) is 0.333. The molecule has 1 amide bonds. The maximum atomic E-state index is 12.0. The molecule has 0 saturated heterocycles. The summed E-state index contributed by atoms with van der Waals surface area (Å²) < 4.78 is 6.43. The van der Waals surface area contributed by atoms with Crippen LogP contribution in [0.3, 0.4) is 0 Å². The standard InChI is InChI=1S/C18H21BrN2O2/c1-12-6-5-9-20-17(12)21-16(22)11-23-15-8-7-13(10-14(15)19)18(2,3)4/h5-10H,11H2,1-4H3,(H,20,21,22). The van der Waals surface area contributed by atoms with E-state index >= 15 is 0 Å². The number of nitrogens with one attached hydrogen (secondary N) is 1. The summed E-state index contributed by atoms with van der Waals surface area (Å²) in [6.07, 6.45) is 1.64. The van der Waals surface area contributed by atoms with Crippen molar-refractivity contribution >= 4 is 27.7 Å². The molecular weight excluding hydrogens is 356 g/mol. The first-order chi connectivity index (χ1) is 10.8. The minimum atomic E-state index is -0.237. The number of benzene rings is 1. The topological polar surface area (TPSA) is 51.2 Å². The third-order valence-electron chi connectivity index (χ3n) is 3.42. The van der Waals surface area contributed by atoms with Gasteiger partial charge in [0.25, 0.3) is 5.91 Å². The van der Waals surface area contributed by atoms with Crippen molar-refractivity contribution < 1.29 is 9.53 Å². The summed E-state index contributed by atoms with van der Waals surface area (Å²) in [6, 6.07) is 9.64. The van der Waals surface area contributed by atoms with Crippen LogP contribution < -0.4 is 10.1 Å². The van der Waals surface area contributed by atoms with Gasteiger partial charge in [0, 0.05) is 6.20 Å². The fourth-order valence-corrected chi connectivity index (χ4v) is 2.51. The number of hydrogen-bond donors (Lipinski definition) is 1. The van der Waals surface area contributed by atoms with Gasteiger partial charge < -0.3 is 10.1 Å². The van der Waals surface area contributed by atoms with Crippen LogP contribution in [0.15, 0.2) is 41.0 Å². The quantitative estimate of drug-likeness (QED) is 0.856. The molecule has 2 rings (SSSR count). The van der Waals surface area contributed by atoms with Gasteiger partial charge in [-0.1, -0.05) is 32.9 Å². The average molecular weight is 377 g/mol. The highest BCUT2D eigenvalue weighted by Crippen LogP contribution is 2.31. The number of halogens is 1. The number of amides is 1. The minimum Gasteiger partial charge on any atom is -0.483 e. The molecule has 4 nitrogen and oxygen atoms in total. The van der Waals surface area contributed by atoms with Crippen molar-refractivity contribution in [3.05, 3.63) is 52.1 Å². The van der Waals surface area contributed by atoms with E-state index in [-0.39, 0.29) is 17.9 Å². The van der Waals surface area contributed by atoms with E-state index in [9.17, 15) is 4.79 Å². The van der Waals surface area contributed by atoms with Crippen LogP contribution in [-0.2, 0) is 10.2 Å². The lowest BCUT2D eigenvalue weighted by molar-refractivity contribution is -0.118. The van der Waals surface area contributed by atoms with E-state index in [1.54, 1.807) is 6.20 Å². The Hall–Kier alpha value is -1.88. The Morgan fingerprint density at radius 2 is 2.04 bits per heavy atom. The number of aromatic nitrogens is 1. The number of rotatable bonds is 4. The van der Waals surface area contributed by atoms with Gasteiger partial charge in [-0.15, -0.1) is 0 Å². The van der Waals surface area contributed by atoms with Gasteiger partial charge in [-0.2, -0.15) is 0 Å². The monoisotopic (exact) mass is 376 g/mol. The minimum absolute atomic E-state index is 0.0644. The lowest BCUT2D eigenvalue weighted by atomic mass is 9.87. The van der Waals surface area contributed by atoms with Gasteiger partial charge in [0.2, 0.25) is 0 Å². The van der Waals surface area contributed by atoms with Crippen molar-refractivity contribution in [3.8, 4) is 5.75 Å². The maximum Gasteiger partial charge on any atom is 0.263 e. The average Bonchev–Trinajstić information content (AvgIpc) is 2.47. The zero-order valence-electron chi connectivity index (χ0n) is 13.8. The van der Waals surface area contributed by atoms with Crippen LogP contribution in [-0.4, -0.2) is 17.5 Å². The lowest BCUT2D eigenvalue weighted by Crippen LogP contribution is -2.21. The SMILES string of the molecule is Cc1cccnc1NC(=O)COc1ccc(C(C)(C)C)cc1Br. The highest BCUT2D eigenvalue weighted by molar-refractivity contribution is 9.10. The zero-order valence-corrected chi connectivity index (χ0v) is 15.4. The first kappa shape index (κ1) is 17.5. The molecule has 0 unspecified atom stereocenters. The van der Waals surface area contributed by atoms with Gasteiger partial charge in [-0.25, -0.2) is 4.98 Å². The molecule has 0 bridgehead atoms. The number of nitrogens with zero attached hydrogens (tertiary/aromatic N) is 1. The molecule has 0 fully saturated rings.